The fraction of sp³-hybridized carbons (Fsp3) is 0.105. The number of para-hydroxylation sites is 1. The summed E-state index contributed by atoms with van der Waals surface area (Å²) >= 11 is 0. The molecule has 118 valence electrons. The van der Waals surface area contributed by atoms with Gasteiger partial charge in [0, 0.05) is 18.1 Å². The Bertz CT molecular complexity index is 1030. The monoisotopic (exact) mass is 315 g/mol. The SMILES string of the molecule is C/C=C/c1ccc2c(N(C)c3ccccc3)nc3nncn3c2c1. The van der Waals surface area contributed by atoms with Crippen LogP contribution in [0, 0.1) is 0 Å². The van der Waals surface area contributed by atoms with Crippen molar-refractivity contribution in [2.24, 2.45) is 0 Å². The topological polar surface area (TPSA) is 46.3 Å². The number of hydrogen-bond acceptors (Lipinski definition) is 4. The number of aromatic nitrogens is 4. The molecule has 5 heteroatoms. The van der Waals surface area contributed by atoms with Crippen LogP contribution in [0.2, 0.25) is 0 Å². The Balaban J connectivity index is 2.00. The van der Waals surface area contributed by atoms with Crippen molar-refractivity contribution in [2.75, 3.05) is 11.9 Å². The number of hydrogen-bond donors (Lipinski definition) is 0. The van der Waals surface area contributed by atoms with Crippen LogP contribution in [0.5, 0.6) is 0 Å². The molecule has 0 unspecified atom stereocenters. The number of anilines is 2. The second-order valence-electron chi connectivity index (χ2n) is 5.61. The summed E-state index contributed by atoms with van der Waals surface area (Å²) in [7, 11) is 2.02. The van der Waals surface area contributed by atoms with Crippen molar-refractivity contribution in [3.63, 3.8) is 0 Å². The zero-order valence-electron chi connectivity index (χ0n) is 13.6. The van der Waals surface area contributed by atoms with Gasteiger partial charge in [-0.05, 0) is 36.8 Å². The molecule has 0 spiro atoms. The quantitative estimate of drug-likeness (QED) is 0.571. The maximum absolute atomic E-state index is 4.71. The number of fused-ring (bicyclic) bond motifs is 3. The van der Waals surface area contributed by atoms with Crippen molar-refractivity contribution in [1.82, 2.24) is 19.6 Å². The molecule has 0 fully saturated rings. The van der Waals surface area contributed by atoms with E-state index in [-0.39, 0.29) is 0 Å². The Morgan fingerprint density at radius 2 is 1.92 bits per heavy atom. The summed E-state index contributed by atoms with van der Waals surface area (Å²) in [5, 5.41) is 9.21. The predicted molar refractivity (Wildman–Crippen MR) is 97.5 cm³/mol. The average Bonchev–Trinajstić information content (AvgIpc) is 3.10. The Labute approximate surface area is 139 Å². The first-order valence-corrected chi connectivity index (χ1v) is 7.83. The summed E-state index contributed by atoms with van der Waals surface area (Å²) in [6, 6.07) is 16.5. The lowest BCUT2D eigenvalue weighted by Gasteiger charge is -2.20. The minimum absolute atomic E-state index is 0.595. The first kappa shape index (κ1) is 14.4. The van der Waals surface area contributed by atoms with Crippen molar-refractivity contribution in [3.8, 4) is 0 Å². The summed E-state index contributed by atoms with van der Waals surface area (Å²) < 4.78 is 1.92. The van der Waals surface area contributed by atoms with Gasteiger partial charge in [-0.2, -0.15) is 4.98 Å². The highest BCUT2D eigenvalue weighted by Crippen LogP contribution is 2.30. The van der Waals surface area contributed by atoms with Crippen LogP contribution < -0.4 is 4.90 Å². The molecule has 5 nitrogen and oxygen atoms in total. The third kappa shape index (κ3) is 2.31. The highest BCUT2D eigenvalue weighted by molar-refractivity contribution is 5.94. The summed E-state index contributed by atoms with van der Waals surface area (Å²) in [4.78, 5) is 6.79. The standard InChI is InChI=1S/C19H17N5/c1-3-7-14-10-11-16-17(12-14)24-13-20-22-19(24)21-18(16)23(2)15-8-5-4-6-9-15/h3-13H,1-2H3/b7-3+. The normalized spacial score (nSPS) is 11.6. The number of rotatable bonds is 3. The fourth-order valence-electron chi connectivity index (χ4n) is 2.89. The minimum atomic E-state index is 0.595. The first-order valence-electron chi connectivity index (χ1n) is 7.83. The third-order valence-corrected chi connectivity index (χ3v) is 4.08. The van der Waals surface area contributed by atoms with Gasteiger partial charge in [-0.1, -0.05) is 36.4 Å². The summed E-state index contributed by atoms with van der Waals surface area (Å²) in [6.45, 7) is 2.01. The maximum Gasteiger partial charge on any atom is 0.257 e. The van der Waals surface area contributed by atoms with Gasteiger partial charge in [0.2, 0.25) is 0 Å². The van der Waals surface area contributed by atoms with Crippen LogP contribution in [-0.2, 0) is 0 Å². The van der Waals surface area contributed by atoms with Crippen molar-refractivity contribution in [2.45, 2.75) is 6.92 Å². The lowest BCUT2D eigenvalue weighted by atomic mass is 10.1. The van der Waals surface area contributed by atoms with Gasteiger partial charge in [0.1, 0.15) is 12.1 Å². The maximum atomic E-state index is 4.71. The number of benzene rings is 2. The largest absolute Gasteiger partial charge is 0.329 e. The van der Waals surface area contributed by atoms with Crippen LogP contribution in [0.25, 0.3) is 22.8 Å². The van der Waals surface area contributed by atoms with Gasteiger partial charge in [-0.3, -0.25) is 4.40 Å². The van der Waals surface area contributed by atoms with E-state index in [0.29, 0.717) is 5.78 Å². The zero-order valence-corrected chi connectivity index (χ0v) is 13.6. The van der Waals surface area contributed by atoms with E-state index in [2.05, 4.69) is 51.5 Å². The van der Waals surface area contributed by atoms with Gasteiger partial charge in [-0.15, -0.1) is 10.2 Å². The second kappa shape index (κ2) is 5.77. The molecule has 4 rings (SSSR count). The summed E-state index contributed by atoms with van der Waals surface area (Å²) in [5.41, 5.74) is 3.26. The van der Waals surface area contributed by atoms with E-state index in [1.54, 1.807) is 6.33 Å². The van der Waals surface area contributed by atoms with Gasteiger partial charge in [-0.25, -0.2) is 0 Å². The Morgan fingerprint density at radius 1 is 1.08 bits per heavy atom. The van der Waals surface area contributed by atoms with Crippen LogP contribution in [0.1, 0.15) is 12.5 Å². The van der Waals surface area contributed by atoms with Gasteiger partial charge < -0.3 is 4.90 Å². The van der Waals surface area contributed by atoms with Crippen molar-refractivity contribution in [3.05, 3.63) is 66.5 Å². The summed E-state index contributed by atoms with van der Waals surface area (Å²) in [6.07, 6.45) is 5.82. The van der Waals surface area contributed by atoms with Crippen LogP contribution in [-0.4, -0.2) is 26.6 Å². The molecule has 0 N–H and O–H groups in total. The fourth-order valence-corrected chi connectivity index (χ4v) is 2.89. The number of allylic oxidation sites excluding steroid dienone is 1. The number of nitrogens with zero attached hydrogens (tertiary/aromatic N) is 5. The Kier molecular flexibility index (Phi) is 3.46. The lowest BCUT2D eigenvalue weighted by molar-refractivity contribution is 1.08. The molecule has 0 aliphatic heterocycles. The Morgan fingerprint density at radius 3 is 2.71 bits per heavy atom. The van der Waals surface area contributed by atoms with Crippen LogP contribution in [0.4, 0.5) is 11.5 Å². The van der Waals surface area contributed by atoms with E-state index in [1.807, 2.05) is 42.6 Å². The molecule has 2 aromatic heterocycles. The smallest absolute Gasteiger partial charge is 0.257 e. The van der Waals surface area contributed by atoms with E-state index in [0.717, 1.165) is 28.0 Å². The molecule has 0 bridgehead atoms. The van der Waals surface area contributed by atoms with Crippen molar-refractivity contribution in [1.29, 1.82) is 0 Å². The first-order chi connectivity index (χ1) is 11.8. The molecular formula is C19H17N5. The molecule has 2 aromatic carbocycles. The highest BCUT2D eigenvalue weighted by Gasteiger charge is 2.14. The van der Waals surface area contributed by atoms with Crippen molar-refractivity contribution < 1.29 is 0 Å². The molecular weight excluding hydrogens is 298 g/mol. The molecule has 4 aromatic rings. The molecule has 0 saturated heterocycles. The van der Waals surface area contributed by atoms with Crippen molar-refractivity contribution >= 4 is 34.3 Å². The summed E-state index contributed by atoms with van der Waals surface area (Å²) in [5.74, 6) is 1.46. The third-order valence-electron chi connectivity index (χ3n) is 4.08. The van der Waals surface area contributed by atoms with Crippen LogP contribution >= 0.6 is 0 Å². The van der Waals surface area contributed by atoms with Gasteiger partial charge in [0.15, 0.2) is 0 Å². The average molecular weight is 315 g/mol. The molecule has 0 amide bonds. The molecule has 24 heavy (non-hydrogen) atoms. The van der Waals surface area contributed by atoms with E-state index in [4.69, 9.17) is 4.98 Å². The molecule has 2 heterocycles. The second-order valence-corrected chi connectivity index (χ2v) is 5.61. The van der Waals surface area contributed by atoms with Crippen LogP contribution in [0.3, 0.4) is 0 Å². The molecule has 0 saturated carbocycles. The molecule has 0 aliphatic rings. The van der Waals surface area contributed by atoms with Gasteiger partial charge in [0.25, 0.3) is 5.78 Å². The zero-order chi connectivity index (χ0) is 16.5. The van der Waals surface area contributed by atoms with E-state index < -0.39 is 0 Å². The molecule has 0 atom stereocenters. The Hall–Kier alpha value is -3.21. The van der Waals surface area contributed by atoms with E-state index >= 15 is 0 Å². The van der Waals surface area contributed by atoms with E-state index in [9.17, 15) is 0 Å². The van der Waals surface area contributed by atoms with E-state index in [1.165, 1.54) is 0 Å². The van der Waals surface area contributed by atoms with Gasteiger partial charge >= 0.3 is 0 Å². The lowest BCUT2D eigenvalue weighted by Crippen LogP contribution is -2.12. The molecule has 0 radical (unpaired) electrons. The molecule has 0 aliphatic carbocycles. The van der Waals surface area contributed by atoms with Gasteiger partial charge in [0.05, 0.1) is 5.52 Å². The minimum Gasteiger partial charge on any atom is -0.329 e. The highest BCUT2D eigenvalue weighted by atomic mass is 15.3. The van der Waals surface area contributed by atoms with Crippen LogP contribution in [0.15, 0.2) is 60.9 Å². The predicted octanol–water partition coefficient (Wildman–Crippen LogP) is 4.08.